The molecule has 206 valence electrons. The Morgan fingerprint density at radius 1 is 0.950 bits per heavy atom. The van der Waals surface area contributed by atoms with Gasteiger partial charge in [-0.05, 0) is 79.3 Å². The normalized spacial score (nSPS) is 12.8. The number of carboxylic acids is 2. The first-order valence-corrected chi connectivity index (χ1v) is 12.5. The number of hydrogen-bond acceptors (Lipinski definition) is 6. The first kappa shape index (κ1) is 27.8. The Labute approximate surface area is 229 Å². The predicted octanol–water partition coefficient (Wildman–Crippen LogP) is 3.11. The van der Waals surface area contributed by atoms with Gasteiger partial charge in [-0.3, -0.25) is 9.59 Å². The molecule has 6 N–H and O–H groups in total. The van der Waals surface area contributed by atoms with Crippen LogP contribution in [-0.2, 0) is 24.2 Å². The van der Waals surface area contributed by atoms with Gasteiger partial charge in [0.2, 0.25) is 0 Å². The van der Waals surface area contributed by atoms with Crippen molar-refractivity contribution in [2.75, 3.05) is 6.54 Å². The topological polar surface area (TPSA) is 186 Å². The highest BCUT2D eigenvalue weighted by Gasteiger charge is 2.26. The maximum atomic E-state index is 13.7. The van der Waals surface area contributed by atoms with Crippen LogP contribution in [-0.4, -0.2) is 51.4 Å². The number of ether oxygens (including phenoxy) is 1. The fourth-order valence-electron chi connectivity index (χ4n) is 4.65. The van der Waals surface area contributed by atoms with Gasteiger partial charge in [-0.15, -0.1) is 0 Å². The second-order valence-corrected chi connectivity index (χ2v) is 9.32. The number of rotatable bonds is 7. The quantitative estimate of drug-likeness (QED) is 0.150. The van der Waals surface area contributed by atoms with Gasteiger partial charge in [-0.1, -0.05) is 18.2 Å². The molecule has 0 saturated heterocycles. The van der Waals surface area contributed by atoms with Crippen LogP contribution in [0.1, 0.15) is 60.6 Å². The minimum atomic E-state index is -1.22. The second kappa shape index (κ2) is 12.1. The van der Waals surface area contributed by atoms with E-state index >= 15 is 0 Å². The lowest BCUT2D eigenvalue weighted by Gasteiger charge is -2.24. The molecule has 0 aromatic heterocycles. The van der Waals surface area contributed by atoms with Crippen molar-refractivity contribution in [2.45, 2.75) is 32.2 Å². The van der Waals surface area contributed by atoms with Gasteiger partial charge in [0.25, 0.3) is 5.91 Å². The van der Waals surface area contributed by atoms with Crippen LogP contribution in [0, 0.1) is 0 Å². The Bertz CT molecular complexity index is 1510. The van der Waals surface area contributed by atoms with E-state index in [4.69, 9.17) is 16.2 Å². The Kier molecular flexibility index (Phi) is 8.43. The van der Waals surface area contributed by atoms with Crippen molar-refractivity contribution in [3.8, 4) is 5.75 Å². The van der Waals surface area contributed by atoms with Gasteiger partial charge in [0.05, 0.1) is 16.8 Å². The number of benzene rings is 3. The van der Waals surface area contributed by atoms with Crippen LogP contribution in [0.2, 0.25) is 0 Å². The van der Waals surface area contributed by atoms with Crippen LogP contribution in [0.4, 0.5) is 5.69 Å². The summed E-state index contributed by atoms with van der Waals surface area (Å²) < 4.78 is 5.76. The first-order valence-electron chi connectivity index (χ1n) is 12.5. The zero-order chi connectivity index (χ0) is 28.8. The fraction of sp³-hybridized carbons (Fsp3) is 0.207. The number of carbonyl (C=O) groups is 4. The van der Waals surface area contributed by atoms with E-state index in [-0.39, 0.29) is 29.4 Å². The van der Waals surface area contributed by atoms with Gasteiger partial charge in [0.15, 0.2) is 5.96 Å². The number of fused-ring (bicyclic) bond motifs is 2. The number of carboxylic acid groups (broad SMARTS) is 2. The van der Waals surface area contributed by atoms with Crippen molar-refractivity contribution in [2.24, 2.45) is 16.5 Å². The van der Waals surface area contributed by atoms with Gasteiger partial charge in [-0.25, -0.2) is 14.6 Å². The zero-order valence-electron chi connectivity index (χ0n) is 21.5. The van der Waals surface area contributed by atoms with Gasteiger partial charge >= 0.3 is 17.9 Å². The summed E-state index contributed by atoms with van der Waals surface area (Å²) >= 11 is 0. The second-order valence-electron chi connectivity index (χ2n) is 9.32. The molecular formula is C29H28N4O7. The van der Waals surface area contributed by atoms with E-state index in [0.717, 1.165) is 10.5 Å². The molecule has 1 aliphatic heterocycles. The molecular weight excluding hydrogens is 516 g/mol. The van der Waals surface area contributed by atoms with E-state index in [1.807, 2.05) is 0 Å². The molecule has 3 aromatic rings. The number of esters is 1. The van der Waals surface area contributed by atoms with E-state index in [9.17, 15) is 29.4 Å². The van der Waals surface area contributed by atoms with Gasteiger partial charge in [0, 0.05) is 17.7 Å². The summed E-state index contributed by atoms with van der Waals surface area (Å²) in [6, 6.07) is 15.6. The predicted molar refractivity (Wildman–Crippen MR) is 146 cm³/mol. The molecule has 1 heterocycles. The summed E-state index contributed by atoms with van der Waals surface area (Å²) in [6.45, 7) is -0.730. The average Bonchev–Trinajstić information content (AvgIpc) is 2.90. The lowest BCUT2D eigenvalue weighted by Crippen LogP contribution is -2.36. The molecule has 1 aliphatic rings. The summed E-state index contributed by atoms with van der Waals surface area (Å²) in [5, 5.41) is 18.8. The number of amides is 1. The third kappa shape index (κ3) is 6.62. The maximum absolute atomic E-state index is 13.7. The van der Waals surface area contributed by atoms with Crippen LogP contribution in [0.25, 0.3) is 0 Å². The number of aryl methyl sites for hydroxylation is 1. The van der Waals surface area contributed by atoms with Crippen LogP contribution in [0.3, 0.4) is 0 Å². The monoisotopic (exact) mass is 544 g/mol. The number of guanidine groups is 1. The van der Waals surface area contributed by atoms with Crippen LogP contribution in [0.5, 0.6) is 5.75 Å². The first-order chi connectivity index (χ1) is 19.1. The van der Waals surface area contributed by atoms with Gasteiger partial charge in [0.1, 0.15) is 12.3 Å². The summed E-state index contributed by atoms with van der Waals surface area (Å²) in [6.07, 6.45) is 2.30. The highest BCUT2D eigenvalue weighted by molar-refractivity contribution is 5.99. The Morgan fingerprint density at radius 3 is 2.42 bits per heavy atom. The highest BCUT2D eigenvalue weighted by atomic mass is 16.5. The van der Waals surface area contributed by atoms with Crippen LogP contribution in [0.15, 0.2) is 65.7 Å². The Morgan fingerprint density at radius 2 is 1.70 bits per heavy atom. The molecule has 0 atom stereocenters. The van der Waals surface area contributed by atoms with Crippen molar-refractivity contribution >= 4 is 35.5 Å². The lowest BCUT2D eigenvalue weighted by atomic mass is 9.95. The molecule has 0 aliphatic carbocycles. The molecule has 3 aromatic carbocycles. The molecule has 0 radical (unpaired) electrons. The summed E-state index contributed by atoms with van der Waals surface area (Å²) in [7, 11) is 0. The summed E-state index contributed by atoms with van der Waals surface area (Å²) in [5.74, 6) is -3.43. The van der Waals surface area contributed by atoms with E-state index < -0.39 is 30.4 Å². The number of carbonyl (C=O) groups excluding carboxylic acids is 2. The van der Waals surface area contributed by atoms with Crippen molar-refractivity contribution in [1.82, 2.24) is 4.90 Å². The third-order valence-electron chi connectivity index (χ3n) is 6.42. The Hall–Kier alpha value is -5.19. The number of aliphatic carboxylic acids is 1. The van der Waals surface area contributed by atoms with Crippen molar-refractivity contribution in [1.29, 1.82) is 0 Å². The molecule has 40 heavy (non-hydrogen) atoms. The van der Waals surface area contributed by atoms with E-state index in [1.165, 1.54) is 18.2 Å². The van der Waals surface area contributed by atoms with Crippen molar-refractivity contribution in [3.63, 3.8) is 0 Å². The minimum Gasteiger partial charge on any atom is -0.480 e. The number of aliphatic imine (C=N–C) groups is 1. The number of nitrogens with two attached hydrogens (primary N) is 2. The molecule has 11 heteroatoms. The zero-order valence-corrected chi connectivity index (χ0v) is 21.5. The molecule has 1 amide bonds. The fourth-order valence-corrected chi connectivity index (χ4v) is 4.65. The molecule has 0 unspecified atom stereocenters. The molecule has 11 nitrogen and oxygen atoms in total. The maximum Gasteiger partial charge on any atom is 0.343 e. The average molecular weight is 545 g/mol. The SMILES string of the molecule is NC(N)=Nc1ccc2c(c1)CCCCc1c(cccc1C(=O)N(CC(=O)O)Cc1cccc(C(=O)O)c1)OC2=O. The number of nitrogens with zero attached hydrogens (tertiary/aromatic N) is 2. The molecule has 0 saturated carbocycles. The highest BCUT2D eigenvalue weighted by Crippen LogP contribution is 2.30. The smallest absolute Gasteiger partial charge is 0.343 e. The van der Waals surface area contributed by atoms with E-state index in [1.54, 1.807) is 42.5 Å². The van der Waals surface area contributed by atoms with Crippen molar-refractivity contribution in [3.05, 3.63) is 94.0 Å². The summed E-state index contributed by atoms with van der Waals surface area (Å²) in [4.78, 5) is 55.1. The standard InChI is InChI=1S/C29H28N4O7/c30-29(31)32-20-11-12-21-18(14-20)6-1-2-8-22-23(9-4-10-24(22)40-28(21)39)26(36)33(16-25(34)35)15-17-5-3-7-19(13-17)27(37)38/h3-5,7,9-14H,1-2,6,8,15-16H2,(H,34,35)(H,37,38)(H4,30,31,32). The lowest BCUT2D eigenvalue weighted by molar-refractivity contribution is -0.137. The number of aromatic carboxylic acids is 1. The molecule has 0 fully saturated rings. The van der Waals surface area contributed by atoms with Crippen molar-refractivity contribution < 1.29 is 34.1 Å². The largest absolute Gasteiger partial charge is 0.480 e. The van der Waals surface area contributed by atoms with Crippen LogP contribution >= 0.6 is 0 Å². The number of hydrogen-bond donors (Lipinski definition) is 4. The van der Waals surface area contributed by atoms with Gasteiger partial charge < -0.3 is 31.3 Å². The molecule has 0 bridgehead atoms. The Balaban J connectivity index is 1.67. The third-order valence-corrected chi connectivity index (χ3v) is 6.42. The molecule has 0 spiro atoms. The van der Waals surface area contributed by atoms with E-state index in [2.05, 4.69) is 4.99 Å². The van der Waals surface area contributed by atoms with E-state index in [0.29, 0.717) is 48.1 Å². The molecule has 4 rings (SSSR count). The minimum absolute atomic E-state index is 0.0231. The van der Waals surface area contributed by atoms with Gasteiger partial charge in [-0.2, -0.15) is 0 Å². The summed E-state index contributed by atoms with van der Waals surface area (Å²) in [5.41, 5.74) is 13.8. The van der Waals surface area contributed by atoms with Crippen LogP contribution < -0.4 is 16.2 Å².